The lowest BCUT2D eigenvalue weighted by Gasteiger charge is -2.29. The Morgan fingerprint density at radius 3 is 2.45 bits per heavy atom. The van der Waals surface area contributed by atoms with Gasteiger partial charge in [0.25, 0.3) is 0 Å². The molecule has 3 rings (SSSR count). The molecule has 2 aromatic rings. The summed E-state index contributed by atoms with van der Waals surface area (Å²) < 4.78 is 31.1. The second kappa shape index (κ2) is 11.4. The number of amides is 1. The van der Waals surface area contributed by atoms with Crippen molar-refractivity contribution in [3.05, 3.63) is 54.1 Å². The number of nitrogens with one attached hydrogen (secondary N) is 1. The second-order valence-electron chi connectivity index (χ2n) is 8.57. The molecule has 0 aliphatic carbocycles. The van der Waals surface area contributed by atoms with E-state index in [0.717, 1.165) is 18.7 Å². The van der Waals surface area contributed by atoms with E-state index in [1.54, 1.807) is 24.3 Å². The van der Waals surface area contributed by atoms with Gasteiger partial charge in [-0.1, -0.05) is 18.2 Å². The molecular weight excluding hydrogens is 438 g/mol. The number of carbonyl (C=O) groups excluding carboxylic acids is 1. The van der Waals surface area contributed by atoms with Crippen molar-refractivity contribution in [3.8, 4) is 5.75 Å². The molecule has 1 saturated heterocycles. The van der Waals surface area contributed by atoms with Gasteiger partial charge in [0.2, 0.25) is 15.9 Å². The molecule has 0 spiro atoms. The highest BCUT2D eigenvalue weighted by atomic mass is 32.2. The van der Waals surface area contributed by atoms with Gasteiger partial charge in [0.05, 0.1) is 25.1 Å². The zero-order valence-corrected chi connectivity index (χ0v) is 20.6. The molecule has 180 valence electrons. The molecule has 0 radical (unpaired) electrons. The fourth-order valence-electron chi connectivity index (χ4n) is 4.16. The van der Waals surface area contributed by atoms with Crippen LogP contribution in [0.15, 0.2) is 48.5 Å². The molecule has 0 unspecified atom stereocenters. The van der Waals surface area contributed by atoms with Crippen LogP contribution >= 0.6 is 0 Å². The highest BCUT2D eigenvalue weighted by Crippen LogP contribution is 2.24. The monoisotopic (exact) mass is 473 g/mol. The first kappa shape index (κ1) is 24.9. The van der Waals surface area contributed by atoms with E-state index in [2.05, 4.69) is 34.5 Å². The maximum Gasteiger partial charge on any atom is 0.232 e. The van der Waals surface area contributed by atoms with Gasteiger partial charge in [0.1, 0.15) is 5.75 Å². The van der Waals surface area contributed by atoms with Gasteiger partial charge in [0.15, 0.2) is 0 Å². The Morgan fingerprint density at radius 2 is 1.82 bits per heavy atom. The predicted octanol–water partition coefficient (Wildman–Crippen LogP) is 4.11. The van der Waals surface area contributed by atoms with Gasteiger partial charge in [-0.3, -0.25) is 9.10 Å². The summed E-state index contributed by atoms with van der Waals surface area (Å²) in [7, 11) is -1.94. The van der Waals surface area contributed by atoms with E-state index in [9.17, 15) is 13.2 Å². The smallest absolute Gasteiger partial charge is 0.232 e. The first-order valence-corrected chi connectivity index (χ1v) is 13.4. The number of rotatable bonds is 10. The SMILES string of the molecule is COc1cccc(N(CCCC(=O)N[C@@H](C)c2ccc(N3CCCCC3)cc2)S(C)(=O)=O)c1. The summed E-state index contributed by atoms with van der Waals surface area (Å²) in [5.74, 6) is 0.487. The third-order valence-corrected chi connectivity index (χ3v) is 7.19. The lowest BCUT2D eigenvalue weighted by molar-refractivity contribution is -0.121. The molecule has 1 N–H and O–H groups in total. The molecule has 33 heavy (non-hydrogen) atoms. The van der Waals surface area contributed by atoms with E-state index in [1.807, 2.05) is 6.92 Å². The minimum absolute atomic E-state index is 0.0956. The van der Waals surface area contributed by atoms with Crippen LogP contribution in [0.25, 0.3) is 0 Å². The average molecular weight is 474 g/mol. The molecule has 7 nitrogen and oxygen atoms in total. The summed E-state index contributed by atoms with van der Waals surface area (Å²) in [6, 6.07) is 15.2. The van der Waals surface area contributed by atoms with Crippen molar-refractivity contribution in [1.82, 2.24) is 5.32 Å². The highest BCUT2D eigenvalue weighted by molar-refractivity contribution is 7.92. The maximum absolute atomic E-state index is 12.5. The van der Waals surface area contributed by atoms with Crippen molar-refractivity contribution in [2.24, 2.45) is 0 Å². The molecule has 2 aromatic carbocycles. The Labute approximate surface area is 197 Å². The van der Waals surface area contributed by atoms with Gasteiger partial charge in [-0.05, 0) is 62.4 Å². The van der Waals surface area contributed by atoms with Crippen LogP contribution in [0.2, 0.25) is 0 Å². The number of hydrogen-bond acceptors (Lipinski definition) is 5. The summed E-state index contributed by atoms with van der Waals surface area (Å²) in [6.45, 7) is 4.39. The minimum atomic E-state index is -3.48. The fourth-order valence-corrected chi connectivity index (χ4v) is 5.12. The molecule has 0 bridgehead atoms. The fraction of sp³-hybridized carbons (Fsp3) is 0.480. The number of ether oxygens (including phenoxy) is 1. The van der Waals surface area contributed by atoms with E-state index in [0.29, 0.717) is 17.9 Å². The lowest BCUT2D eigenvalue weighted by atomic mass is 10.1. The zero-order chi connectivity index (χ0) is 23.8. The molecule has 0 aromatic heterocycles. The number of anilines is 2. The third-order valence-electron chi connectivity index (χ3n) is 6.00. The third kappa shape index (κ3) is 7.12. The predicted molar refractivity (Wildman–Crippen MR) is 133 cm³/mol. The van der Waals surface area contributed by atoms with Gasteiger partial charge in [-0.15, -0.1) is 0 Å². The summed E-state index contributed by atoms with van der Waals surface area (Å²) in [5, 5.41) is 3.03. The first-order chi connectivity index (χ1) is 15.8. The van der Waals surface area contributed by atoms with Gasteiger partial charge in [-0.25, -0.2) is 8.42 Å². The Hall–Kier alpha value is -2.74. The molecule has 1 fully saturated rings. The van der Waals surface area contributed by atoms with E-state index in [1.165, 1.54) is 42.6 Å². The van der Waals surface area contributed by atoms with Crippen molar-refractivity contribution in [3.63, 3.8) is 0 Å². The van der Waals surface area contributed by atoms with Crippen molar-refractivity contribution >= 4 is 27.3 Å². The summed E-state index contributed by atoms with van der Waals surface area (Å²) in [6.07, 6.45) is 5.61. The Balaban J connectivity index is 1.52. The van der Waals surface area contributed by atoms with Crippen LogP contribution in [0.1, 0.15) is 50.6 Å². The Kier molecular flexibility index (Phi) is 8.61. The average Bonchev–Trinajstić information content (AvgIpc) is 2.81. The van der Waals surface area contributed by atoms with E-state index in [4.69, 9.17) is 4.74 Å². The number of carbonyl (C=O) groups is 1. The Bertz CT molecular complexity index is 1020. The number of sulfonamides is 1. The summed E-state index contributed by atoms with van der Waals surface area (Å²) >= 11 is 0. The molecular formula is C25H35N3O4S. The number of methoxy groups -OCH3 is 1. The quantitative estimate of drug-likeness (QED) is 0.562. The second-order valence-corrected chi connectivity index (χ2v) is 10.5. The van der Waals surface area contributed by atoms with Crippen LogP contribution in [0, 0.1) is 0 Å². The van der Waals surface area contributed by atoms with E-state index in [-0.39, 0.29) is 24.9 Å². The van der Waals surface area contributed by atoms with E-state index < -0.39 is 10.0 Å². The number of piperidine rings is 1. The number of benzene rings is 2. The minimum Gasteiger partial charge on any atom is -0.497 e. The highest BCUT2D eigenvalue weighted by Gasteiger charge is 2.19. The normalized spacial score (nSPS) is 15.1. The van der Waals surface area contributed by atoms with Crippen LogP contribution in [0.3, 0.4) is 0 Å². The van der Waals surface area contributed by atoms with Crippen molar-refractivity contribution < 1.29 is 17.9 Å². The maximum atomic E-state index is 12.5. The van der Waals surface area contributed by atoms with Gasteiger partial charge < -0.3 is 15.0 Å². The lowest BCUT2D eigenvalue weighted by Crippen LogP contribution is -2.32. The molecule has 0 saturated carbocycles. The summed E-state index contributed by atoms with van der Waals surface area (Å²) in [5.41, 5.74) is 2.81. The van der Waals surface area contributed by atoms with Gasteiger partial charge in [0, 0.05) is 37.8 Å². The van der Waals surface area contributed by atoms with E-state index >= 15 is 0 Å². The van der Waals surface area contributed by atoms with Gasteiger partial charge in [-0.2, -0.15) is 0 Å². The standard InChI is InChI=1S/C25H35N3O4S/c1-20(21-12-14-22(15-13-21)27-16-5-4-6-17-27)26-25(29)11-8-18-28(33(3,30)31)23-9-7-10-24(19-23)32-2/h7,9-10,12-15,19-20H,4-6,8,11,16-18H2,1-3H3,(H,26,29)/t20-/m0/s1. The van der Waals surface area contributed by atoms with Crippen LogP contribution in [-0.4, -0.2) is 47.3 Å². The first-order valence-electron chi connectivity index (χ1n) is 11.5. The van der Waals surface area contributed by atoms with Crippen LogP contribution in [0.5, 0.6) is 5.75 Å². The number of hydrogen-bond donors (Lipinski definition) is 1. The van der Waals surface area contributed by atoms with Crippen LogP contribution in [-0.2, 0) is 14.8 Å². The van der Waals surface area contributed by atoms with Crippen LogP contribution in [0.4, 0.5) is 11.4 Å². The Morgan fingerprint density at radius 1 is 1.12 bits per heavy atom. The zero-order valence-electron chi connectivity index (χ0n) is 19.8. The molecule has 1 amide bonds. The largest absolute Gasteiger partial charge is 0.497 e. The van der Waals surface area contributed by atoms with Crippen molar-refractivity contribution in [2.45, 2.75) is 45.1 Å². The van der Waals surface area contributed by atoms with Gasteiger partial charge >= 0.3 is 0 Å². The molecule has 1 aliphatic heterocycles. The summed E-state index contributed by atoms with van der Waals surface area (Å²) in [4.78, 5) is 14.9. The van der Waals surface area contributed by atoms with Crippen molar-refractivity contribution in [2.75, 3.05) is 42.2 Å². The molecule has 1 heterocycles. The molecule has 1 atom stereocenters. The number of nitrogens with zero attached hydrogens (tertiary/aromatic N) is 2. The van der Waals surface area contributed by atoms with Crippen LogP contribution < -0.4 is 19.3 Å². The molecule has 8 heteroatoms. The topological polar surface area (TPSA) is 79.0 Å². The molecule has 1 aliphatic rings. The van der Waals surface area contributed by atoms with Crippen molar-refractivity contribution in [1.29, 1.82) is 0 Å².